The molecule has 0 saturated carbocycles. The van der Waals surface area contributed by atoms with Gasteiger partial charge in [0.1, 0.15) is 11.2 Å². The molecule has 2 aromatic heterocycles. The van der Waals surface area contributed by atoms with Crippen LogP contribution in [0.3, 0.4) is 0 Å². The Bertz CT molecular complexity index is 3050. The molecule has 3 aliphatic rings. The highest BCUT2D eigenvalue weighted by Gasteiger charge is 2.51. The fourth-order valence-electron chi connectivity index (χ4n) is 10.0. The quantitative estimate of drug-likeness (QED) is 0.183. The second-order valence-corrected chi connectivity index (χ2v) is 15.2. The fourth-order valence-corrected chi connectivity index (χ4v) is 10.0. The van der Waals surface area contributed by atoms with E-state index in [1.807, 2.05) is 30.3 Å². The van der Waals surface area contributed by atoms with E-state index < -0.39 is 5.41 Å². The monoisotopic (exact) mass is 714 g/mol. The number of allylic oxidation sites excluding steroid dienone is 4. The Labute approximate surface area is 325 Å². The molecule has 3 aliphatic carbocycles. The molecular weight excluding hydrogens is 681 g/mol. The summed E-state index contributed by atoms with van der Waals surface area (Å²) in [7, 11) is 0. The number of fused-ring (bicyclic) bond motifs is 15. The lowest BCUT2D eigenvalue weighted by Gasteiger charge is -2.35. The molecule has 7 aromatic carbocycles. The lowest BCUT2D eigenvalue weighted by molar-refractivity contribution is 0.670. The predicted octanol–water partition coefficient (Wildman–Crippen LogP) is 13.0. The molecule has 0 radical (unpaired) electrons. The summed E-state index contributed by atoms with van der Waals surface area (Å²) in [6.07, 6.45) is 9.23. The lowest BCUT2D eigenvalue weighted by Crippen LogP contribution is -2.30. The topological polar surface area (TPSA) is 38.9 Å². The van der Waals surface area contributed by atoms with Crippen LogP contribution in [0.15, 0.2) is 199 Å². The van der Waals surface area contributed by atoms with E-state index >= 15 is 0 Å². The fraction of sp³-hybridized carbons (Fsp3) is 0.0566. The van der Waals surface area contributed by atoms with E-state index in [2.05, 4.69) is 164 Å². The molecule has 2 atom stereocenters. The zero-order valence-electron chi connectivity index (χ0n) is 30.4. The Morgan fingerprint density at radius 2 is 1.04 bits per heavy atom. The van der Waals surface area contributed by atoms with Gasteiger partial charge in [-0.05, 0) is 68.8 Å². The number of para-hydroxylation sites is 2. The molecule has 2 unspecified atom stereocenters. The van der Waals surface area contributed by atoms with Crippen LogP contribution < -0.4 is 0 Å². The number of furan rings is 1. The van der Waals surface area contributed by atoms with Gasteiger partial charge in [-0.1, -0.05) is 170 Å². The van der Waals surface area contributed by atoms with Gasteiger partial charge in [-0.15, -0.1) is 0 Å². The van der Waals surface area contributed by atoms with E-state index in [0.29, 0.717) is 5.82 Å². The molecule has 2 heterocycles. The van der Waals surface area contributed by atoms with Crippen LogP contribution in [0.5, 0.6) is 0 Å². The van der Waals surface area contributed by atoms with Gasteiger partial charge in [0.15, 0.2) is 5.82 Å². The summed E-state index contributed by atoms with van der Waals surface area (Å²) in [5.74, 6) is 1.14. The molecule has 0 N–H and O–H groups in total. The van der Waals surface area contributed by atoms with Gasteiger partial charge in [0.25, 0.3) is 0 Å². The van der Waals surface area contributed by atoms with Crippen LogP contribution in [0.1, 0.15) is 45.2 Å². The molecule has 1 spiro atoms. The largest absolute Gasteiger partial charge is 0.455 e. The minimum atomic E-state index is -0.536. The van der Waals surface area contributed by atoms with Gasteiger partial charge in [0.2, 0.25) is 0 Å². The van der Waals surface area contributed by atoms with Crippen LogP contribution in [-0.2, 0) is 5.41 Å². The maximum absolute atomic E-state index is 6.55. The Balaban J connectivity index is 1.14. The van der Waals surface area contributed by atoms with E-state index in [4.69, 9.17) is 14.4 Å². The number of aromatic nitrogens is 2. The standard InChI is InChI=1S/C53H34N2O/c1-2-15-33(16-3-1)52-54-48(32-49(55-52)43-24-14-23-42-41-22-9-13-28-50(41)56-51(42)43)34-29-30-40-39-21-8-12-27-46(39)53(47(40)31-34)44-25-10-6-19-37(44)35-17-4-5-18-36(35)38-20-7-11-26-45(38)53/h1-32,35-36H. The summed E-state index contributed by atoms with van der Waals surface area (Å²) in [5.41, 5.74) is 16.4. The molecule has 0 amide bonds. The molecule has 3 heteroatoms. The third kappa shape index (κ3) is 4.34. The van der Waals surface area contributed by atoms with E-state index in [9.17, 15) is 0 Å². The van der Waals surface area contributed by atoms with Crippen molar-refractivity contribution < 1.29 is 4.42 Å². The Morgan fingerprint density at radius 3 is 1.82 bits per heavy atom. The molecule has 0 fully saturated rings. The molecular formula is C53H34N2O. The maximum atomic E-state index is 6.55. The highest BCUT2D eigenvalue weighted by Crippen LogP contribution is 2.62. The molecule has 0 bridgehead atoms. The van der Waals surface area contributed by atoms with Gasteiger partial charge >= 0.3 is 0 Å². The number of benzene rings is 7. The molecule has 12 rings (SSSR count). The summed E-state index contributed by atoms with van der Waals surface area (Å²) in [5, 5.41) is 2.17. The summed E-state index contributed by atoms with van der Waals surface area (Å²) in [4.78, 5) is 10.6. The van der Waals surface area contributed by atoms with Crippen LogP contribution in [-0.4, -0.2) is 9.97 Å². The van der Waals surface area contributed by atoms with Crippen molar-refractivity contribution in [2.75, 3.05) is 0 Å². The summed E-state index contributed by atoms with van der Waals surface area (Å²) in [6, 6.07) is 61.4. The van der Waals surface area contributed by atoms with Crippen molar-refractivity contribution in [1.82, 2.24) is 9.97 Å². The van der Waals surface area contributed by atoms with Gasteiger partial charge in [-0.25, -0.2) is 9.97 Å². The first-order valence-electron chi connectivity index (χ1n) is 19.4. The highest BCUT2D eigenvalue weighted by molar-refractivity contribution is 6.09. The number of hydrogen-bond donors (Lipinski definition) is 0. The molecule has 0 aliphatic heterocycles. The summed E-state index contributed by atoms with van der Waals surface area (Å²) in [6.45, 7) is 0. The molecule has 0 saturated heterocycles. The minimum absolute atomic E-state index is 0.231. The van der Waals surface area contributed by atoms with Gasteiger partial charge in [-0.2, -0.15) is 0 Å². The molecule has 3 nitrogen and oxygen atoms in total. The van der Waals surface area contributed by atoms with Crippen LogP contribution >= 0.6 is 0 Å². The molecule has 262 valence electrons. The Hall–Kier alpha value is -7.10. The van der Waals surface area contributed by atoms with Gasteiger partial charge in [0, 0.05) is 39.3 Å². The van der Waals surface area contributed by atoms with Crippen molar-refractivity contribution in [3.63, 3.8) is 0 Å². The van der Waals surface area contributed by atoms with Crippen molar-refractivity contribution >= 4 is 21.9 Å². The number of nitrogens with zero attached hydrogens (tertiary/aromatic N) is 2. The van der Waals surface area contributed by atoms with Crippen LogP contribution in [0, 0.1) is 0 Å². The van der Waals surface area contributed by atoms with Gasteiger partial charge < -0.3 is 4.42 Å². The maximum Gasteiger partial charge on any atom is 0.160 e. The van der Waals surface area contributed by atoms with Crippen LogP contribution in [0.2, 0.25) is 0 Å². The van der Waals surface area contributed by atoms with Crippen LogP contribution in [0.4, 0.5) is 0 Å². The van der Waals surface area contributed by atoms with Crippen molar-refractivity contribution in [3.05, 3.63) is 228 Å². The summed E-state index contributed by atoms with van der Waals surface area (Å²) < 4.78 is 6.55. The van der Waals surface area contributed by atoms with Crippen molar-refractivity contribution in [2.45, 2.75) is 17.3 Å². The smallest absolute Gasteiger partial charge is 0.160 e. The average molecular weight is 715 g/mol. The van der Waals surface area contributed by atoms with Gasteiger partial charge in [0.05, 0.1) is 16.8 Å². The zero-order chi connectivity index (χ0) is 36.8. The number of hydrogen-bond acceptors (Lipinski definition) is 3. The van der Waals surface area contributed by atoms with E-state index in [-0.39, 0.29) is 11.8 Å². The van der Waals surface area contributed by atoms with E-state index in [0.717, 1.165) is 50.0 Å². The van der Waals surface area contributed by atoms with Crippen molar-refractivity contribution in [1.29, 1.82) is 0 Å². The molecule has 9 aromatic rings. The van der Waals surface area contributed by atoms with Crippen molar-refractivity contribution in [2.24, 2.45) is 0 Å². The first-order chi connectivity index (χ1) is 27.8. The Morgan fingerprint density at radius 1 is 0.429 bits per heavy atom. The zero-order valence-corrected chi connectivity index (χ0v) is 30.4. The SMILES string of the molecule is C1=CC2c3ccccc3C3(c4ccccc4-c4ccc(-c5cc(-c6cccc7c6oc6ccccc67)nc(-c6ccccc6)n5)cc43)c3ccccc3C2C=C1. The summed E-state index contributed by atoms with van der Waals surface area (Å²) >= 11 is 0. The third-order valence-corrected chi connectivity index (χ3v) is 12.4. The van der Waals surface area contributed by atoms with Gasteiger partial charge in [-0.3, -0.25) is 0 Å². The average Bonchev–Trinajstić information content (AvgIpc) is 3.77. The second-order valence-electron chi connectivity index (χ2n) is 15.2. The second kappa shape index (κ2) is 11.9. The van der Waals surface area contributed by atoms with E-state index in [1.165, 1.54) is 44.5 Å². The first-order valence-corrected chi connectivity index (χ1v) is 19.4. The van der Waals surface area contributed by atoms with E-state index in [1.54, 1.807) is 0 Å². The Kier molecular flexibility index (Phi) is 6.67. The predicted molar refractivity (Wildman–Crippen MR) is 227 cm³/mol. The van der Waals surface area contributed by atoms with Crippen molar-refractivity contribution in [3.8, 4) is 45.0 Å². The van der Waals surface area contributed by atoms with Crippen LogP contribution in [0.25, 0.3) is 67.0 Å². The normalized spacial score (nSPS) is 18.6. The lowest BCUT2D eigenvalue weighted by atomic mass is 9.66. The molecule has 56 heavy (non-hydrogen) atoms. The number of rotatable bonds is 3. The third-order valence-electron chi connectivity index (χ3n) is 12.4. The first kappa shape index (κ1) is 31.3. The minimum Gasteiger partial charge on any atom is -0.455 e. The highest BCUT2D eigenvalue weighted by atomic mass is 16.3.